The molecule has 0 bridgehead atoms. The Morgan fingerprint density at radius 1 is 1.44 bits per heavy atom. The van der Waals surface area contributed by atoms with E-state index >= 15 is 0 Å². The summed E-state index contributed by atoms with van der Waals surface area (Å²) in [6.45, 7) is 5.00. The van der Waals surface area contributed by atoms with E-state index in [0.717, 1.165) is 18.2 Å². The zero-order valence-electron chi connectivity index (χ0n) is 10.6. The molecule has 0 aromatic carbocycles. The average Bonchev–Trinajstić information content (AvgIpc) is 2.82. The van der Waals surface area contributed by atoms with Gasteiger partial charge < -0.3 is 4.74 Å². The van der Waals surface area contributed by atoms with E-state index in [1.54, 1.807) is 6.20 Å². The number of anilines is 1. The Morgan fingerprint density at radius 2 is 2.28 bits per heavy atom. The van der Waals surface area contributed by atoms with Crippen molar-refractivity contribution in [2.45, 2.75) is 26.7 Å². The molecule has 4 N–H and O–H groups in total. The first-order valence-corrected chi connectivity index (χ1v) is 6.01. The number of aromatic nitrogens is 4. The Bertz CT molecular complexity index is 509. The average molecular weight is 250 g/mol. The van der Waals surface area contributed by atoms with Gasteiger partial charge in [0.05, 0.1) is 12.8 Å². The van der Waals surface area contributed by atoms with Gasteiger partial charge in [-0.2, -0.15) is 15.1 Å². The van der Waals surface area contributed by atoms with Gasteiger partial charge in [-0.15, -0.1) is 0 Å². The molecule has 2 aromatic heterocycles. The molecule has 0 unspecified atom stereocenters. The van der Waals surface area contributed by atoms with Gasteiger partial charge in [-0.3, -0.25) is 10.5 Å². The van der Waals surface area contributed by atoms with Crippen LogP contribution in [-0.2, 0) is 0 Å². The fourth-order valence-electron chi connectivity index (χ4n) is 1.64. The Kier molecular flexibility index (Phi) is 3.93. The van der Waals surface area contributed by atoms with Gasteiger partial charge in [-0.05, 0) is 18.8 Å². The number of rotatable bonds is 6. The molecule has 0 atom stereocenters. The largest absolute Gasteiger partial charge is 0.477 e. The third-order valence-electron chi connectivity index (χ3n) is 2.57. The molecule has 7 nitrogen and oxygen atoms in total. The van der Waals surface area contributed by atoms with Crippen molar-refractivity contribution in [2.75, 3.05) is 12.0 Å². The van der Waals surface area contributed by atoms with E-state index in [4.69, 9.17) is 10.6 Å². The van der Waals surface area contributed by atoms with Crippen LogP contribution in [0.1, 0.15) is 26.7 Å². The van der Waals surface area contributed by atoms with Crippen molar-refractivity contribution in [3.63, 3.8) is 0 Å². The minimum absolute atomic E-state index is 0.311. The molecular formula is C11H18N6O. The lowest BCUT2D eigenvalue weighted by molar-refractivity contribution is 0.291. The van der Waals surface area contributed by atoms with Crippen LogP contribution < -0.4 is 16.0 Å². The highest BCUT2D eigenvalue weighted by atomic mass is 16.5. The molecule has 0 aliphatic heterocycles. The molecular weight excluding hydrogens is 232 g/mol. The van der Waals surface area contributed by atoms with E-state index in [0.29, 0.717) is 30.0 Å². The summed E-state index contributed by atoms with van der Waals surface area (Å²) in [5.41, 5.74) is 3.02. The summed E-state index contributed by atoms with van der Waals surface area (Å²) in [7, 11) is 0. The highest BCUT2D eigenvalue weighted by molar-refractivity contribution is 5.80. The lowest BCUT2D eigenvalue weighted by atomic mass is 10.1. The molecule has 18 heavy (non-hydrogen) atoms. The maximum atomic E-state index is 5.66. The molecule has 0 radical (unpaired) electrons. The molecule has 2 rings (SSSR count). The van der Waals surface area contributed by atoms with E-state index in [1.807, 2.05) is 0 Å². The Hall–Kier alpha value is -1.89. The standard InChI is InChI=1S/C11H18N6O/c1-7(2)4-3-5-18-10-8-6-13-17-9(8)14-11(15-10)16-12/h6-7H,3-5,12H2,1-2H3,(H2,13,14,15,16,17). The zero-order valence-corrected chi connectivity index (χ0v) is 10.6. The first-order chi connectivity index (χ1) is 8.70. The topological polar surface area (TPSA) is 102 Å². The number of nitrogens with two attached hydrogens (primary N) is 1. The van der Waals surface area contributed by atoms with E-state index in [1.165, 1.54) is 0 Å². The van der Waals surface area contributed by atoms with Crippen LogP contribution in [0.3, 0.4) is 0 Å². The van der Waals surface area contributed by atoms with Gasteiger partial charge in [-0.1, -0.05) is 13.8 Å². The van der Waals surface area contributed by atoms with E-state index in [2.05, 4.69) is 39.4 Å². The minimum Gasteiger partial charge on any atom is -0.477 e. The fraction of sp³-hybridized carbons (Fsp3) is 0.545. The number of hydrazine groups is 1. The Labute approximate surface area is 105 Å². The molecule has 2 heterocycles. The lowest BCUT2D eigenvalue weighted by Gasteiger charge is -2.08. The normalized spacial score (nSPS) is 11.1. The first-order valence-electron chi connectivity index (χ1n) is 6.01. The van der Waals surface area contributed by atoms with Crippen molar-refractivity contribution in [2.24, 2.45) is 11.8 Å². The van der Waals surface area contributed by atoms with Crippen molar-refractivity contribution >= 4 is 17.0 Å². The molecule has 0 fully saturated rings. The van der Waals surface area contributed by atoms with Gasteiger partial charge in [0, 0.05) is 0 Å². The van der Waals surface area contributed by atoms with Crippen LogP contribution in [-0.4, -0.2) is 26.8 Å². The second kappa shape index (κ2) is 5.63. The molecule has 98 valence electrons. The Morgan fingerprint density at radius 3 is 3.00 bits per heavy atom. The van der Waals surface area contributed by atoms with E-state index in [9.17, 15) is 0 Å². The number of H-pyrrole nitrogens is 1. The van der Waals surface area contributed by atoms with Crippen LogP contribution in [0.4, 0.5) is 5.95 Å². The predicted octanol–water partition coefficient (Wildman–Crippen LogP) is 1.45. The molecule has 0 saturated heterocycles. The van der Waals surface area contributed by atoms with Crippen LogP contribution in [0.25, 0.3) is 11.0 Å². The smallest absolute Gasteiger partial charge is 0.242 e. The minimum atomic E-state index is 0.311. The number of nitrogens with zero attached hydrogens (tertiary/aromatic N) is 3. The molecule has 0 spiro atoms. The van der Waals surface area contributed by atoms with Gasteiger partial charge in [0.1, 0.15) is 5.39 Å². The lowest BCUT2D eigenvalue weighted by Crippen LogP contribution is -2.11. The summed E-state index contributed by atoms with van der Waals surface area (Å²) in [6.07, 6.45) is 3.77. The number of hydrogen-bond acceptors (Lipinski definition) is 6. The highest BCUT2D eigenvalue weighted by Gasteiger charge is 2.10. The third-order valence-corrected chi connectivity index (χ3v) is 2.57. The van der Waals surface area contributed by atoms with Crippen LogP contribution in [0, 0.1) is 5.92 Å². The van der Waals surface area contributed by atoms with Gasteiger partial charge >= 0.3 is 0 Å². The number of ether oxygens (including phenoxy) is 1. The molecule has 0 aliphatic carbocycles. The summed E-state index contributed by atoms with van der Waals surface area (Å²) < 4.78 is 5.66. The van der Waals surface area contributed by atoms with Crippen LogP contribution in [0.15, 0.2) is 6.20 Å². The molecule has 7 heteroatoms. The number of fused-ring (bicyclic) bond motifs is 1. The SMILES string of the molecule is CC(C)CCCOc1nc(NN)nc2[nH]ncc12. The van der Waals surface area contributed by atoms with Crippen molar-refractivity contribution in [1.29, 1.82) is 0 Å². The second-order valence-electron chi connectivity index (χ2n) is 4.51. The number of nitrogens with one attached hydrogen (secondary N) is 2. The Balaban J connectivity index is 2.08. The summed E-state index contributed by atoms with van der Waals surface area (Å²) in [5, 5.41) is 7.45. The van der Waals surface area contributed by atoms with Gasteiger partial charge in [0.15, 0.2) is 5.65 Å². The summed E-state index contributed by atoms with van der Waals surface area (Å²) in [4.78, 5) is 8.30. The molecule has 2 aromatic rings. The van der Waals surface area contributed by atoms with Gasteiger partial charge in [-0.25, -0.2) is 5.84 Å². The predicted molar refractivity (Wildman–Crippen MR) is 69.1 cm³/mol. The summed E-state index contributed by atoms with van der Waals surface area (Å²) >= 11 is 0. The zero-order chi connectivity index (χ0) is 13.0. The van der Waals surface area contributed by atoms with Crippen molar-refractivity contribution < 1.29 is 4.74 Å². The number of hydrogen-bond donors (Lipinski definition) is 3. The highest BCUT2D eigenvalue weighted by Crippen LogP contribution is 2.22. The fourth-order valence-corrected chi connectivity index (χ4v) is 1.64. The quantitative estimate of drug-likeness (QED) is 0.407. The monoisotopic (exact) mass is 250 g/mol. The van der Waals surface area contributed by atoms with Crippen molar-refractivity contribution in [1.82, 2.24) is 20.2 Å². The number of aromatic amines is 1. The van der Waals surface area contributed by atoms with Crippen molar-refractivity contribution in [3.8, 4) is 5.88 Å². The number of nitrogen functional groups attached to an aromatic ring is 1. The second-order valence-corrected chi connectivity index (χ2v) is 4.51. The third kappa shape index (κ3) is 2.86. The van der Waals surface area contributed by atoms with Crippen LogP contribution in [0.5, 0.6) is 5.88 Å². The molecule has 0 aliphatic rings. The summed E-state index contributed by atoms with van der Waals surface area (Å²) in [5.74, 6) is 6.80. The van der Waals surface area contributed by atoms with Crippen molar-refractivity contribution in [3.05, 3.63) is 6.20 Å². The molecule has 0 saturated carbocycles. The maximum Gasteiger partial charge on any atom is 0.242 e. The molecule has 0 amide bonds. The van der Waals surface area contributed by atoms with Crippen LogP contribution in [0.2, 0.25) is 0 Å². The van der Waals surface area contributed by atoms with E-state index in [-0.39, 0.29) is 0 Å². The summed E-state index contributed by atoms with van der Waals surface area (Å²) in [6, 6.07) is 0. The van der Waals surface area contributed by atoms with E-state index < -0.39 is 0 Å². The van der Waals surface area contributed by atoms with Crippen LogP contribution >= 0.6 is 0 Å². The first kappa shape index (κ1) is 12.6. The maximum absolute atomic E-state index is 5.66. The van der Waals surface area contributed by atoms with Gasteiger partial charge in [0.2, 0.25) is 11.8 Å². The van der Waals surface area contributed by atoms with Gasteiger partial charge in [0.25, 0.3) is 0 Å².